The van der Waals surface area contributed by atoms with Crippen molar-refractivity contribution < 1.29 is 13.2 Å². The number of piperidine rings is 1. The molecule has 1 aliphatic heterocycles. The molecule has 0 saturated carbocycles. The van der Waals surface area contributed by atoms with E-state index in [1.807, 2.05) is 0 Å². The van der Waals surface area contributed by atoms with Crippen molar-refractivity contribution in [2.45, 2.75) is 18.8 Å². The summed E-state index contributed by atoms with van der Waals surface area (Å²) >= 11 is 0. The lowest BCUT2D eigenvalue weighted by molar-refractivity contribution is 0.376. The van der Waals surface area contributed by atoms with Crippen LogP contribution in [0.1, 0.15) is 24.7 Å². The number of nitrogens with one attached hydrogen (secondary N) is 1. The summed E-state index contributed by atoms with van der Waals surface area (Å²) in [6.45, 7) is 1.84. The fourth-order valence-corrected chi connectivity index (χ4v) is 2.36. The molecule has 1 N–H and O–H groups in total. The van der Waals surface area contributed by atoms with Crippen LogP contribution in [0, 0.1) is 11.6 Å². The number of nitrogens with zero attached hydrogens (tertiary/aromatic N) is 1. The second-order valence-electron chi connectivity index (χ2n) is 4.74. The van der Waals surface area contributed by atoms with Crippen LogP contribution in [-0.2, 0) is 0 Å². The lowest BCUT2D eigenvalue weighted by atomic mass is 10.00. The van der Waals surface area contributed by atoms with Gasteiger partial charge in [0.2, 0.25) is 0 Å². The maximum atomic E-state index is 13.7. The van der Waals surface area contributed by atoms with Crippen LogP contribution in [0.3, 0.4) is 0 Å². The summed E-state index contributed by atoms with van der Waals surface area (Å²) in [5.74, 6) is -0.375. The second kappa shape index (κ2) is 5.09. The first kappa shape index (κ1) is 12.3. The van der Waals surface area contributed by atoms with Crippen molar-refractivity contribution in [1.29, 1.82) is 0 Å². The molecule has 0 aliphatic carbocycles. The lowest BCUT2D eigenvalue weighted by Crippen LogP contribution is -2.28. The Bertz CT molecular complexity index is 577. The van der Waals surface area contributed by atoms with E-state index in [4.69, 9.17) is 4.42 Å². The maximum absolute atomic E-state index is 13.7. The van der Waals surface area contributed by atoms with Gasteiger partial charge in [-0.2, -0.15) is 0 Å². The summed E-state index contributed by atoms with van der Waals surface area (Å²) in [4.78, 5) is 4.33. The highest BCUT2D eigenvalue weighted by Gasteiger charge is 2.21. The zero-order valence-corrected chi connectivity index (χ0v) is 10.3. The van der Waals surface area contributed by atoms with Crippen LogP contribution in [0.2, 0.25) is 0 Å². The van der Waals surface area contributed by atoms with E-state index in [0.29, 0.717) is 11.6 Å². The third-order valence-electron chi connectivity index (χ3n) is 3.38. The molecular formula is C14H14F2N2O. The van der Waals surface area contributed by atoms with Crippen LogP contribution in [0.4, 0.5) is 8.78 Å². The molecule has 0 amide bonds. The molecule has 3 rings (SSSR count). The minimum absolute atomic E-state index is 0.228. The number of hydrogen-bond donors (Lipinski definition) is 1. The number of rotatable bonds is 2. The SMILES string of the molecule is Fc1ccc(-c2coc([C@H]3CCCNC3)n2)c(F)c1. The third-order valence-corrected chi connectivity index (χ3v) is 3.38. The minimum Gasteiger partial charge on any atom is -0.448 e. The Morgan fingerprint density at radius 2 is 2.21 bits per heavy atom. The van der Waals surface area contributed by atoms with E-state index in [-0.39, 0.29) is 11.5 Å². The largest absolute Gasteiger partial charge is 0.448 e. The van der Waals surface area contributed by atoms with Gasteiger partial charge in [0.1, 0.15) is 23.6 Å². The zero-order chi connectivity index (χ0) is 13.2. The highest BCUT2D eigenvalue weighted by Crippen LogP contribution is 2.27. The average Bonchev–Trinajstić information content (AvgIpc) is 2.89. The van der Waals surface area contributed by atoms with Crippen LogP contribution in [0.15, 0.2) is 28.9 Å². The summed E-state index contributed by atoms with van der Waals surface area (Å²) in [6, 6.07) is 3.45. The van der Waals surface area contributed by atoms with Crippen molar-refractivity contribution in [2.24, 2.45) is 0 Å². The summed E-state index contributed by atoms with van der Waals surface area (Å²) < 4.78 is 32.0. The Morgan fingerprint density at radius 1 is 1.32 bits per heavy atom. The summed E-state index contributed by atoms with van der Waals surface area (Å²) in [6.07, 6.45) is 3.52. The quantitative estimate of drug-likeness (QED) is 0.905. The van der Waals surface area contributed by atoms with Gasteiger partial charge in [-0.1, -0.05) is 0 Å². The minimum atomic E-state index is -0.624. The molecular weight excluding hydrogens is 250 g/mol. The van der Waals surface area contributed by atoms with Crippen LogP contribution >= 0.6 is 0 Å². The van der Waals surface area contributed by atoms with Gasteiger partial charge in [-0.25, -0.2) is 13.8 Å². The molecule has 1 aliphatic rings. The normalized spacial score (nSPS) is 19.6. The molecule has 1 aromatic carbocycles. The fourth-order valence-electron chi connectivity index (χ4n) is 2.36. The molecule has 5 heteroatoms. The first-order valence-corrected chi connectivity index (χ1v) is 6.35. The summed E-state index contributed by atoms with van der Waals surface area (Å²) in [5.41, 5.74) is 0.679. The Morgan fingerprint density at radius 3 is 2.95 bits per heavy atom. The van der Waals surface area contributed by atoms with Gasteiger partial charge in [-0.05, 0) is 31.5 Å². The average molecular weight is 264 g/mol. The Labute approximate surface area is 109 Å². The molecule has 2 aromatic rings. The van der Waals surface area contributed by atoms with Crippen molar-refractivity contribution in [2.75, 3.05) is 13.1 Å². The van der Waals surface area contributed by atoms with Crippen molar-refractivity contribution in [3.05, 3.63) is 42.0 Å². The van der Waals surface area contributed by atoms with Crippen LogP contribution in [0.5, 0.6) is 0 Å². The Hall–Kier alpha value is -1.75. The van der Waals surface area contributed by atoms with E-state index < -0.39 is 11.6 Å². The van der Waals surface area contributed by atoms with Crippen molar-refractivity contribution in [3.8, 4) is 11.3 Å². The highest BCUT2D eigenvalue weighted by atomic mass is 19.1. The molecule has 0 unspecified atom stereocenters. The van der Waals surface area contributed by atoms with Gasteiger partial charge in [-0.15, -0.1) is 0 Å². The number of oxazole rings is 1. The number of aromatic nitrogens is 1. The molecule has 2 heterocycles. The number of benzene rings is 1. The maximum Gasteiger partial charge on any atom is 0.198 e. The van der Waals surface area contributed by atoms with Gasteiger partial charge >= 0.3 is 0 Å². The van der Waals surface area contributed by atoms with Gasteiger partial charge < -0.3 is 9.73 Å². The molecule has 3 nitrogen and oxygen atoms in total. The molecule has 0 bridgehead atoms. The predicted molar refractivity (Wildman–Crippen MR) is 66.7 cm³/mol. The fraction of sp³-hybridized carbons (Fsp3) is 0.357. The van der Waals surface area contributed by atoms with Gasteiger partial charge in [0, 0.05) is 24.1 Å². The van der Waals surface area contributed by atoms with E-state index in [1.165, 1.54) is 18.4 Å². The van der Waals surface area contributed by atoms with Gasteiger partial charge in [-0.3, -0.25) is 0 Å². The van der Waals surface area contributed by atoms with Crippen LogP contribution < -0.4 is 5.32 Å². The van der Waals surface area contributed by atoms with E-state index in [1.54, 1.807) is 0 Å². The van der Waals surface area contributed by atoms with E-state index >= 15 is 0 Å². The molecule has 1 aromatic heterocycles. The van der Waals surface area contributed by atoms with E-state index in [2.05, 4.69) is 10.3 Å². The smallest absolute Gasteiger partial charge is 0.198 e. The van der Waals surface area contributed by atoms with E-state index in [0.717, 1.165) is 32.0 Å². The number of halogens is 2. The molecule has 0 radical (unpaired) electrons. The van der Waals surface area contributed by atoms with Crippen LogP contribution in [-0.4, -0.2) is 18.1 Å². The van der Waals surface area contributed by atoms with Crippen molar-refractivity contribution >= 4 is 0 Å². The molecule has 1 fully saturated rings. The molecule has 100 valence electrons. The molecule has 19 heavy (non-hydrogen) atoms. The van der Waals surface area contributed by atoms with Gasteiger partial charge in [0.25, 0.3) is 0 Å². The number of hydrogen-bond acceptors (Lipinski definition) is 3. The summed E-state index contributed by atoms with van der Waals surface area (Å²) in [5, 5.41) is 3.28. The Balaban J connectivity index is 1.87. The van der Waals surface area contributed by atoms with Crippen molar-refractivity contribution in [1.82, 2.24) is 10.3 Å². The predicted octanol–water partition coefficient (Wildman–Crippen LogP) is 3.09. The standard InChI is InChI=1S/C14H14F2N2O/c15-10-3-4-11(12(16)6-10)13-8-19-14(18-13)9-2-1-5-17-7-9/h3-4,6,8-9,17H,1-2,5,7H2/t9-/m0/s1. The topological polar surface area (TPSA) is 38.1 Å². The monoisotopic (exact) mass is 264 g/mol. The molecule has 1 saturated heterocycles. The summed E-state index contributed by atoms with van der Waals surface area (Å²) in [7, 11) is 0. The van der Waals surface area contributed by atoms with Gasteiger partial charge in [0.15, 0.2) is 5.89 Å². The van der Waals surface area contributed by atoms with Crippen molar-refractivity contribution in [3.63, 3.8) is 0 Å². The van der Waals surface area contributed by atoms with E-state index in [9.17, 15) is 8.78 Å². The molecule has 1 atom stereocenters. The van der Waals surface area contributed by atoms with Crippen LogP contribution in [0.25, 0.3) is 11.3 Å². The van der Waals surface area contributed by atoms with Gasteiger partial charge in [0.05, 0.1) is 0 Å². The first-order chi connectivity index (χ1) is 9.24. The Kier molecular flexibility index (Phi) is 3.29. The first-order valence-electron chi connectivity index (χ1n) is 6.35. The third kappa shape index (κ3) is 2.51. The molecule has 0 spiro atoms. The zero-order valence-electron chi connectivity index (χ0n) is 10.3. The highest BCUT2D eigenvalue weighted by molar-refractivity contribution is 5.58. The second-order valence-corrected chi connectivity index (χ2v) is 4.74. The lowest BCUT2D eigenvalue weighted by Gasteiger charge is -2.19.